The minimum atomic E-state index is 0.563. The maximum atomic E-state index is 6.63. The van der Waals surface area contributed by atoms with Crippen molar-refractivity contribution in [2.75, 3.05) is 0 Å². The van der Waals surface area contributed by atoms with E-state index in [0.29, 0.717) is 17.5 Å². The van der Waals surface area contributed by atoms with Crippen LogP contribution in [0.2, 0.25) is 0 Å². The Labute approximate surface area is 274 Å². The molecule has 0 amide bonds. The monoisotopic (exact) mass is 615 g/mol. The van der Waals surface area contributed by atoms with Crippen molar-refractivity contribution in [3.63, 3.8) is 0 Å². The Morgan fingerprint density at radius 2 is 0.958 bits per heavy atom. The first-order valence-electron chi connectivity index (χ1n) is 15.9. The number of fused-ring (bicyclic) bond motifs is 8. The van der Waals surface area contributed by atoms with Gasteiger partial charge >= 0.3 is 0 Å². The first-order chi connectivity index (χ1) is 23.8. The van der Waals surface area contributed by atoms with Gasteiger partial charge in [-0.15, -0.1) is 0 Å². The summed E-state index contributed by atoms with van der Waals surface area (Å²) in [4.78, 5) is 15.3. The van der Waals surface area contributed by atoms with Gasteiger partial charge in [0.05, 0.1) is 0 Å². The molecule has 0 bridgehead atoms. The van der Waals surface area contributed by atoms with Gasteiger partial charge in [-0.05, 0) is 52.2 Å². The first kappa shape index (κ1) is 26.6. The molecule has 0 fully saturated rings. The molecule has 5 heteroatoms. The minimum absolute atomic E-state index is 0.563. The van der Waals surface area contributed by atoms with Crippen LogP contribution in [0.4, 0.5) is 0 Å². The van der Waals surface area contributed by atoms with Gasteiger partial charge in [0.1, 0.15) is 22.3 Å². The Balaban J connectivity index is 1.28. The lowest BCUT2D eigenvalue weighted by Crippen LogP contribution is -2.00. The van der Waals surface area contributed by atoms with Crippen molar-refractivity contribution in [2.24, 2.45) is 0 Å². The zero-order valence-electron chi connectivity index (χ0n) is 25.6. The van der Waals surface area contributed by atoms with Crippen LogP contribution in [0.3, 0.4) is 0 Å². The van der Waals surface area contributed by atoms with Gasteiger partial charge < -0.3 is 8.83 Å². The van der Waals surface area contributed by atoms with Crippen LogP contribution in [-0.4, -0.2) is 15.0 Å². The van der Waals surface area contributed by atoms with Gasteiger partial charge in [-0.25, -0.2) is 15.0 Å². The largest absolute Gasteiger partial charge is 0.456 e. The van der Waals surface area contributed by atoms with E-state index in [2.05, 4.69) is 84.9 Å². The highest BCUT2D eigenvalue weighted by atomic mass is 16.3. The van der Waals surface area contributed by atoms with Crippen LogP contribution in [0.1, 0.15) is 0 Å². The quantitative estimate of drug-likeness (QED) is 0.197. The van der Waals surface area contributed by atoms with Crippen molar-refractivity contribution in [1.82, 2.24) is 15.0 Å². The van der Waals surface area contributed by atoms with E-state index in [1.165, 1.54) is 5.39 Å². The van der Waals surface area contributed by atoms with Gasteiger partial charge in [-0.3, -0.25) is 0 Å². The second kappa shape index (κ2) is 10.5. The Hall–Kier alpha value is -6.59. The summed E-state index contributed by atoms with van der Waals surface area (Å²) in [5.74, 6) is 1.73. The molecule has 0 aliphatic heterocycles. The number of rotatable bonds is 4. The van der Waals surface area contributed by atoms with Crippen molar-refractivity contribution >= 4 is 54.6 Å². The van der Waals surface area contributed by atoms with E-state index in [1.54, 1.807) is 0 Å². The smallest absolute Gasteiger partial charge is 0.164 e. The van der Waals surface area contributed by atoms with Crippen molar-refractivity contribution in [3.8, 4) is 45.3 Å². The molecule has 0 unspecified atom stereocenters. The molecule has 5 nitrogen and oxygen atoms in total. The van der Waals surface area contributed by atoms with E-state index in [0.717, 1.165) is 77.1 Å². The molecule has 10 aromatic rings. The minimum Gasteiger partial charge on any atom is -0.456 e. The van der Waals surface area contributed by atoms with Crippen molar-refractivity contribution in [3.05, 3.63) is 152 Å². The molecular formula is C43H25N3O2. The SMILES string of the molecule is c1ccc(-c2nc(-c3cc(-c4ccccc4)c4c(c3)oc3ccc5ccccc5c34)nc(-c3cccc4oc5ccccc5c34)n2)cc1. The third-order valence-corrected chi connectivity index (χ3v) is 9.12. The molecule has 224 valence electrons. The number of benzene rings is 7. The summed E-state index contributed by atoms with van der Waals surface area (Å²) in [7, 11) is 0. The standard InChI is InChI=1S/C43H25N3O2/c1-3-12-26(13-4-1)33-24-29(25-37-40(33)39-30-17-8-7-14-27(30)22-23-36(39)48-37)42-44-41(28-15-5-2-6-16-28)45-43(46-42)32-19-11-21-35-38(32)31-18-9-10-20-34(31)47-35/h1-25H. The topological polar surface area (TPSA) is 65.0 Å². The summed E-state index contributed by atoms with van der Waals surface area (Å²) in [6.07, 6.45) is 0. The summed E-state index contributed by atoms with van der Waals surface area (Å²) >= 11 is 0. The van der Waals surface area contributed by atoms with Crippen LogP contribution in [0.5, 0.6) is 0 Å². The van der Waals surface area contributed by atoms with Gasteiger partial charge in [-0.1, -0.05) is 121 Å². The predicted octanol–water partition coefficient (Wildman–Crippen LogP) is 11.5. The van der Waals surface area contributed by atoms with Gasteiger partial charge in [0, 0.05) is 38.2 Å². The normalized spacial score (nSPS) is 11.8. The number of para-hydroxylation sites is 1. The molecule has 0 saturated heterocycles. The van der Waals surface area contributed by atoms with Crippen LogP contribution in [0.15, 0.2) is 160 Å². The number of hydrogen-bond donors (Lipinski definition) is 0. The zero-order chi connectivity index (χ0) is 31.6. The maximum Gasteiger partial charge on any atom is 0.164 e. The highest BCUT2D eigenvalue weighted by molar-refractivity contribution is 6.23. The summed E-state index contributed by atoms with van der Waals surface area (Å²) in [6, 6.07) is 51.5. The molecule has 0 radical (unpaired) electrons. The molecule has 0 aliphatic carbocycles. The van der Waals surface area contributed by atoms with E-state index in [9.17, 15) is 0 Å². The molecule has 10 rings (SSSR count). The maximum absolute atomic E-state index is 6.63. The molecule has 0 aliphatic rings. The van der Waals surface area contributed by atoms with E-state index < -0.39 is 0 Å². The predicted molar refractivity (Wildman–Crippen MR) is 194 cm³/mol. The third-order valence-electron chi connectivity index (χ3n) is 9.12. The molecular weight excluding hydrogens is 590 g/mol. The second-order valence-electron chi connectivity index (χ2n) is 12.0. The average Bonchev–Trinajstić information content (AvgIpc) is 3.74. The number of furan rings is 2. The Morgan fingerprint density at radius 1 is 0.333 bits per heavy atom. The second-order valence-corrected chi connectivity index (χ2v) is 12.0. The van der Waals surface area contributed by atoms with Crippen LogP contribution in [-0.2, 0) is 0 Å². The van der Waals surface area contributed by atoms with Crippen LogP contribution in [0.25, 0.3) is 99.9 Å². The number of nitrogens with zero attached hydrogens (tertiary/aromatic N) is 3. The Morgan fingerprint density at radius 3 is 1.79 bits per heavy atom. The number of hydrogen-bond acceptors (Lipinski definition) is 5. The molecule has 0 atom stereocenters. The molecule has 0 saturated carbocycles. The van der Waals surface area contributed by atoms with E-state index in [-0.39, 0.29) is 0 Å². The van der Waals surface area contributed by atoms with Gasteiger partial charge in [0.15, 0.2) is 17.5 Å². The lowest BCUT2D eigenvalue weighted by atomic mass is 9.95. The molecule has 7 aromatic carbocycles. The molecule has 0 N–H and O–H groups in total. The lowest BCUT2D eigenvalue weighted by Gasteiger charge is -2.11. The van der Waals surface area contributed by atoms with Gasteiger partial charge in [-0.2, -0.15) is 0 Å². The fraction of sp³-hybridized carbons (Fsp3) is 0. The molecule has 3 aromatic heterocycles. The summed E-state index contributed by atoms with van der Waals surface area (Å²) in [5.41, 5.74) is 8.03. The summed E-state index contributed by atoms with van der Waals surface area (Å²) in [6.45, 7) is 0. The van der Waals surface area contributed by atoms with Gasteiger partial charge in [0.2, 0.25) is 0 Å². The van der Waals surface area contributed by atoms with Crippen molar-refractivity contribution in [2.45, 2.75) is 0 Å². The van der Waals surface area contributed by atoms with Crippen molar-refractivity contribution < 1.29 is 8.83 Å². The third kappa shape index (κ3) is 4.15. The summed E-state index contributed by atoms with van der Waals surface area (Å²) < 4.78 is 12.9. The zero-order valence-corrected chi connectivity index (χ0v) is 25.6. The first-order valence-corrected chi connectivity index (χ1v) is 15.9. The highest BCUT2D eigenvalue weighted by Crippen LogP contribution is 2.43. The Bertz CT molecular complexity index is 2840. The molecule has 0 spiro atoms. The average molecular weight is 616 g/mol. The fourth-order valence-electron chi connectivity index (χ4n) is 6.94. The number of aromatic nitrogens is 3. The van der Waals surface area contributed by atoms with Crippen molar-refractivity contribution in [1.29, 1.82) is 0 Å². The van der Waals surface area contributed by atoms with Gasteiger partial charge in [0.25, 0.3) is 0 Å². The van der Waals surface area contributed by atoms with E-state index in [1.807, 2.05) is 66.7 Å². The molecule has 48 heavy (non-hydrogen) atoms. The van der Waals surface area contributed by atoms with Crippen LogP contribution in [0, 0.1) is 0 Å². The highest BCUT2D eigenvalue weighted by Gasteiger charge is 2.21. The fourth-order valence-corrected chi connectivity index (χ4v) is 6.94. The summed E-state index contributed by atoms with van der Waals surface area (Å²) in [5, 5.41) is 6.51. The lowest BCUT2D eigenvalue weighted by molar-refractivity contribution is 0.669. The van der Waals surface area contributed by atoms with Crippen LogP contribution >= 0.6 is 0 Å². The van der Waals surface area contributed by atoms with E-state index in [4.69, 9.17) is 23.8 Å². The van der Waals surface area contributed by atoms with Crippen LogP contribution < -0.4 is 0 Å². The van der Waals surface area contributed by atoms with E-state index >= 15 is 0 Å². The Kier molecular flexibility index (Phi) is 5.81. The molecule has 3 heterocycles.